The van der Waals surface area contributed by atoms with Gasteiger partial charge in [-0.3, -0.25) is 10.1 Å². The lowest BCUT2D eigenvalue weighted by molar-refractivity contribution is -0.606. The normalized spacial score (nSPS) is 10.7. The molecule has 5 heteroatoms. The summed E-state index contributed by atoms with van der Waals surface area (Å²) >= 11 is 0. The number of hydrogen-bond donors (Lipinski definition) is 0. The van der Waals surface area contributed by atoms with E-state index in [0.717, 1.165) is 11.8 Å². The maximum atomic E-state index is 11.1. The van der Waals surface area contributed by atoms with Crippen molar-refractivity contribution in [3.63, 3.8) is 0 Å². The van der Waals surface area contributed by atoms with Crippen molar-refractivity contribution >= 4 is 17.8 Å². The average Bonchev–Trinajstić information content (AvgIpc) is 2.37. The quantitative estimate of drug-likeness (QED) is 0.359. The second kappa shape index (κ2) is 5.09. The van der Waals surface area contributed by atoms with E-state index in [2.05, 4.69) is 0 Å². The van der Waals surface area contributed by atoms with E-state index >= 15 is 0 Å². The molecular formula is C13H10N2O3. The summed E-state index contributed by atoms with van der Waals surface area (Å²) in [5.74, 6) is 0. The molecule has 0 amide bonds. The van der Waals surface area contributed by atoms with Crippen LogP contribution in [-0.4, -0.2) is 4.92 Å². The molecule has 0 bridgehead atoms. The Bertz CT molecular complexity index is 594. The first-order valence-corrected chi connectivity index (χ1v) is 5.27. The largest absolute Gasteiger partial charge is 0.619 e. The number of rotatable bonds is 3. The number of hydrogen-bond acceptors (Lipinski definition) is 3. The maximum Gasteiger partial charge on any atom is 0.288 e. The van der Waals surface area contributed by atoms with Gasteiger partial charge in [-0.1, -0.05) is 36.4 Å². The lowest BCUT2D eigenvalue weighted by atomic mass is 10.1. The van der Waals surface area contributed by atoms with Crippen LogP contribution in [-0.2, 0) is 0 Å². The fourth-order valence-electron chi connectivity index (χ4n) is 1.53. The van der Waals surface area contributed by atoms with Gasteiger partial charge in [-0.15, -0.1) is 0 Å². The molecule has 0 saturated carbocycles. The lowest BCUT2D eigenvalue weighted by Gasteiger charge is -1.98. The zero-order valence-electron chi connectivity index (χ0n) is 9.39. The highest BCUT2D eigenvalue weighted by molar-refractivity contribution is 5.73. The summed E-state index contributed by atoms with van der Waals surface area (Å²) < 4.78 is 0.539. The first-order chi connectivity index (χ1) is 8.66. The van der Waals surface area contributed by atoms with Crippen LogP contribution in [0.1, 0.15) is 11.1 Å². The number of nitro groups is 1. The van der Waals surface area contributed by atoms with E-state index in [1.165, 1.54) is 12.3 Å². The van der Waals surface area contributed by atoms with Crippen LogP contribution in [0.15, 0.2) is 48.8 Å². The third-order valence-electron chi connectivity index (χ3n) is 2.39. The molecule has 0 aliphatic rings. The Morgan fingerprint density at radius 3 is 2.50 bits per heavy atom. The van der Waals surface area contributed by atoms with Gasteiger partial charge in [-0.2, -0.15) is 4.73 Å². The molecule has 0 aliphatic heterocycles. The van der Waals surface area contributed by atoms with E-state index in [4.69, 9.17) is 0 Å². The van der Waals surface area contributed by atoms with E-state index in [-0.39, 0.29) is 11.3 Å². The SMILES string of the molecule is O=[N+]([O-])c1cc[n+]([O-])cc1C=Cc1ccccc1. The van der Waals surface area contributed by atoms with Gasteiger partial charge in [0.15, 0.2) is 12.4 Å². The van der Waals surface area contributed by atoms with Gasteiger partial charge in [0.2, 0.25) is 0 Å². The van der Waals surface area contributed by atoms with Gasteiger partial charge < -0.3 is 5.21 Å². The maximum absolute atomic E-state index is 11.1. The molecule has 1 aromatic carbocycles. The van der Waals surface area contributed by atoms with E-state index in [1.54, 1.807) is 12.2 Å². The number of nitrogens with zero attached hydrogens (tertiary/aromatic N) is 2. The number of benzene rings is 1. The predicted octanol–water partition coefficient (Wildman–Crippen LogP) is 2.40. The Morgan fingerprint density at radius 2 is 1.83 bits per heavy atom. The van der Waals surface area contributed by atoms with Crippen molar-refractivity contribution < 1.29 is 9.65 Å². The lowest BCUT2D eigenvalue weighted by Crippen LogP contribution is -2.24. The summed E-state index contributed by atoms with van der Waals surface area (Å²) in [6.07, 6.45) is 5.57. The van der Waals surface area contributed by atoms with Gasteiger partial charge in [-0.05, 0) is 11.6 Å². The van der Waals surface area contributed by atoms with Crippen molar-refractivity contribution in [1.29, 1.82) is 0 Å². The molecule has 18 heavy (non-hydrogen) atoms. The average molecular weight is 242 g/mol. The fraction of sp³-hybridized carbons (Fsp3) is 0. The highest BCUT2D eigenvalue weighted by Gasteiger charge is 2.14. The van der Waals surface area contributed by atoms with Crippen LogP contribution in [0.2, 0.25) is 0 Å². The van der Waals surface area contributed by atoms with Crippen LogP contribution in [0.25, 0.3) is 12.2 Å². The van der Waals surface area contributed by atoms with Crippen LogP contribution in [0.3, 0.4) is 0 Å². The smallest absolute Gasteiger partial charge is 0.288 e. The zero-order chi connectivity index (χ0) is 13.0. The summed E-state index contributed by atoms with van der Waals surface area (Å²) in [6.45, 7) is 0. The minimum atomic E-state index is -0.509. The predicted molar refractivity (Wildman–Crippen MR) is 67.4 cm³/mol. The molecule has 2 aromatic rings. The Hall–Kier alpha value is -2.69. The standard InChI is InChI=1S/C13H10N2O3/c16-14-9-8-13(15(17)18)12(10-14)7-6-11-4-2-1-3-5-11/h1-10H. The molecule has 0 aliphatic carbocycles. The Kier molecular flexibility index (Phi) is 3.33. The van der Waals surface area contributed by atoms with Gasteiger partial charge in [0, 0.05) is 0 Å². The zero-order valence-corrected chi connectivity index (χ0v) is 9.39. The second-order valence-electron chi connectivity index (χ2n) is 3.65. The van der Waals surface area contributed by atoms with Crippen molar-refractivity contribution in [1.82, 2.24) is 0 Å². The molecule has 0 radical (unpaired) electrons. The van der Waals surface area contributed by atoms with Crippen molar-refractivity contribution in [2.75, 3.05) is 0 Å². The molecule has 5 nitrogen and oxygen atoms in total. The van der Waals surface area contributed by atoms with Gasteiger partial charge in [0.25, 0.3) is 5.69 Å². The summed E-state index contributed by atoms with van der Waals surface area (Å²) in [4.78, 5) is 10.3. The van der Waals surface area contributed by atoms with Crippen LogP contribution < -0.4 is 4.73 Å². The van der Waals surface area contributed by atoms with Gasteiger partial charge >= 0.3 is 0 Å². The minimum absolute atomic E-state index is 0.0886. The molecule has 0 spiro atoms. The van der Waals surface area contributed by atoms with Crippen molar-refractivity contribution in [2.24, 2.45) is 0 Å². The van der Waals surface area contributed by atoms with Crippen molar-refractivity contribution in [3.8, 4) is 0 Å². The van der Waals surface area contributed by atoms with Gasteiger partial charge in [0.05, 0.1) is 11.0 Å². The summed E-state index contributed by atoms with van der Waals surface area (Å²) in [5.41, 5.74) is 1.10. The molecule has 0 unspecified atom stereocenters. The molecule has 0 atom stereocenters. The van der Waals surface area contributed by atoms with Gasteiger partial charge in [0.1, 0.15) is 5.56 Å². The van der Waals surface area contributed by atoms with Crippen LogP contribution in [0.4, 0.5) is 5.69 Å². The molecule has 0 saturated heterocycles. The van der Waals surface area contributed by atoms with Crippen LogP contribution in [0.5, 0.6) is 0 Å². The molecule has 0 N–H and O–H groups in total. The highest BCUT2D eigenvalue weighted by Crippen LogP contribution is 2.18. The number of aromatic nitrogens is 1. The first-order valence-electron chi connectivity index (χ1n) is 5.27. The summed E-state index contributed by atoms with van der Waals surface area (Å²) in [7, 11) is 0. The Balaban J connectivity index is 2.36. The third kappa shape index (κ3) is 2.70. The Labute approximate surface area is 103 Å². The monoisotopic (exact) mass is 242 g/mol. The van der Waals surface area contributed by atoms with Crippen LogP contribution in [0, 0.1) is 15.3 Å². The topological polar surface area (TPSA) is 70.1 Å². The Morgan fingerprint density at radius 1 is 1.11 bits per heavy atom. The molecule has 2 rings (SSSR count). The summed E-state index contributed by atoms with van der Waals surface area (Å²) in [5, 5.41) is 21.9. The fourth-order valence-corrected chi connectivity index (χ4v) is 1.53. The van der Waals surface area contributed by atoms with E-state index in [0.29, 0.717) is 4.73 Å². The molecule has 1 heterocycles. The molecular weight excluding hydrogens is 232 g/mol. The van der Waals surface area contributed by atoms with Crippen LogP contribution >= 0.6 is 0 Å². The number of pyridine rings is 1. The molecule has 90 valence electrons. The first kappa shape index (κ1) is 11.8. The molecule has 0 fully saturated rings. The molecule has 1 aromatic heterocycles. The minimum Gasteiger partial charge on any atom is -0.619 e. The third-order valence-corrected chi connectivity index (χ3v) is 2.39. The summed E-state index contributed by atoms with van der Waals surface area (Å²) in [6, 6.07) is 10.6. The van der Waals surface area contributed by atoms with E-state index < -0.39 is 4.92 Å². The van der Waals surface area contributed by atoms with E-state index in [1.807, 2.05) is 30.3 Å². The second-order valence-corrected chi connectivity index (χ2v) is 3.65. The van der Waals surface area contributed by atoms with Crippen molar-refractivity contribution in [2.45, 2.75) is 0 Å². The van der Waals surface area contributed by atoms with Gasteiger partial charge in [-0.25, -0.2) is 0 Å². The van der Waals surface area contributed by atoms with E-state index in [9.17, 15) is 15.3 Å². The highest BCUT2D eigenvalue weighted by atomic mass is 16.6. The van der Waals surface area contributed by atoms with Crippen molar-refractivity contribution in [3.05, 3.63) is 75.2 Å².